The quantitative estimate of drug-likeness (QED) is 0.666. The van der Waals surface area contributed by atoms with Gasteiger partial charge in [0.25, 0.3) is 5.92 Å². The molecule has 0 bridgehead atoms. The molecule has 1 N–H and O–H groups in total. The van der Waals surface area contributed by atoms with E-state index < -0.39 is 11.3 Å². The summed E-state index contributed by atoms with van der Waals surface area (Å²) in [6.07, 6.45) is 7.24. The van der Waals surface area contributed by atoms with Crippen molar-refractivity contribution in [3.8, 4) is 6.07 Å². The van der Waals surface area contributed by atoms with Gasteiger partial charge in [0.1, 0.15) is 11.9 Å². The van der Waals surface area contributed by atoms with Gasteiger partial charge in [0, 0.05) is 35.4 Å². The highest BCUT2D eigenvalue weighted by Crippen LogP contribution is 2.66. The Hall–Kier alpha value is -1.72. The topological polar surface area (TPSA) is 65.1 Å². The highest BCUT2D eigenvalue weighted by Gasteiger charge is 2.70. The zero-order valence-electron chi connectivity index (χ0n) is 16.1. The number of nitriles is 1. The Morgan fingerprint density at radius 1 is 1.24 bits per heavy atom. The number of aromatic nitrogens is 1. The standard InChI is InChI=1S/C21H23BrF2N4O/c22-18-16-9-15(10-25)29-17(16)11-26-19(18)27-13-1-3-14(4-2-13)28-7-5-20(6-8-28)12-21(20,23)24/h9,11,13-14H,1-8,12H2,(H,26,27). The van der Waals surface area contributed by atoms with E-state index in [0.29, 0.717) is 30.5 Å². The van der Waals surface area contributed by atoms with Gasteiger partial charge in [0.2, 0.25) is 5.76 Å². The number of fused-ring (bicyclic) bond motifs is 1. The van der Waals surface area contributed by atoms with E-state index in [1.54, 1.807) is 12.3 Å². The van der Waals surface area contributed by atoms with E-state index >= 15 is 0 Å². The van der Waals surface area contributed by atoms with Gasteiger partial charge in [-0.2, -0.15) is 5.26 Å². The SMILES string of the molecule is N#Cc1cc2c(Br)c(NC3CCC(N4CCC5(CC4)CC5(F)F)CC3)ncc2o1. The summed E-state index contributed by atoms with van der Waals surface area (Å²) in [6.45, 7) is 1.62. The maximum atomic E-state index is 13.6. The lowest BCUT2D eigenvalue weighted by Crippen LogP contribution is -2.45. The van der Waals surface area contributed by atoms with Gasteiger partial charge in [0.05, 0.1) is 10.7 Å². The van der Waals surface area contributed by atoms with Crippen molar-refractivity contribution in [2.45, 2.75) is 63.0 Å². The van der Waals surface area contributed by atoms with E-state index in [0.717, 1.165) is 54.4 Å². The first-order valence-corrected chi connectivity index (χ1v) is 11.1. The van der Waals surface area contributed by atoms with E-state index in [1.807, 2.05) is 6.07 Å². The van der Waals surface area contributed by atoms with Gasteiger partial charge in [0.15, 0.2) is 5.58 Å². The van der Waals surface area contributed by atoms with E-state index in [9.17, 15) is 8.78 Å². The summed E-state index contributed by atoms with van der Waals surface area (Å²) >= 11 is 3.59. The molecule has 0 radical (unpaired) electrons. The van der Waals surface area contributed by atoms with E-state index in [1.165, 1.54) is 0 Å². The number of furan rings is 1. The molecule has 1 spiro atoms. The van der Waals surface area contributed by atoms with Gasteiger partial charge < -0.3 is 14.6 Å². The third-order valence-corrected chi connectivity index (χ3v) is 7.95. The zero-order chi connectivity index (χ0) is 20.2. The molecule has 1 saturated heterocycles. The van der Waals surface area contributed by atoms with E-state index in [2.05, 4.69) is 31.1 Å². The minimum absolute atomic E-state index is 0.100. The van der Waals surface area contributed by atoms with Gasteiger partial charge in [-0.1, -0.05) is 0 Å². The van der Waals surface area contributed by atoms with Crippen LogP contribution in [0.25, 0.3) is 11.0 Å². The van der Waals surface area contributed by atoms with Crippen molar-refractivity contribution in [3.05, 3.63) is 22.5 Å². The van der Waals surface area contributed by atoms with Crippen LogP contribution in [0.5, 0.6) is 0 Å². The molecule has 2 aromatic heterocycles. The first-order valence-electron chi connectivity index (χ1n) is 10.3. The molecule has 0 aromatic carbocycles. The number of nitrogens with one attached hydrogen (secondary N) is 1. The predicted octanol–water partition coefficient (Wildman–Crippen LogP) is 5.31. The van der Waals surface area contributed by atoms with Crippen molar-refractivity contribution in [1.29, 1.82) is 5.26 Å². The van der Waals surface area contributed by atoms with Crippen LogP contribution in [0.2, 0.25) is 0 Å². The van der Waals surface area contributed by atoms with Gasteiger partial charge >= 0.3 is 0 Å². The second-order valence-electron chi connectivity index (χ2n) is 8.77. The first kappa shape index (κ1) is 19.3. The Morgan fingerprint density at radius 3 is 2.55 bits per heavy atom. The van der Waals surface area contributed by atoms with Crippen molar-refractivity contribution >= 4 is 32.7 Å². The number of piperidine rings is 1. The van der Waals surface area contributed by atoms with Crippen molar-refractivity contribution in [1.82, 2.24) is 9.88 Å². The maximum absolute atomic E-state index is 13.6. The number of likely N-dealkylation sites (tertiary alicyclic amines) is 1. The highest BCUT2D eigenvalue weighted by atomic mass is 79.9. The molecule has 3 heterocycles. The zero-order valence-corrected chi connectivity index (χ0v) is 17.6. The van der Waals surface area contributed by atoms with Gasteiger partial charge in [-0.05, 0) is 67.5 Å². The van der Waals surface area contributed by atoms with E-state index in [-0.39, 0.29) is 12.2 Å². The Morgan fingerprint density at radius 2 is 1.93 bits per heavy atom. The molecule has 2 saturated carbocycles. The lowest BCUT2D eigenvalue weighted by atomic mass is 9.86. The normalized spacial score (nSPS) is 28.3. The first-order chi connectivity index (χ1) is 13.9. The summed E-state index contributed by atoms with van der Waals surface area (Å²) in [5, 5.41) is 13.4. The Bertz CT molecular complexity index is 969. The summed E-state index contributed by atoms with van der Waals surface area (Å²) in [4.78, 5) is 6.89. The summed E-state index contributed by atoms with van der Waals surface area (Å²) in [7, 11) is 0. The number of rotatable bonds is 3. The molecule has 0 atom stereocenters. The predicted molar refractivity (Wildman–Crippen MR) is 109 cm³/mol. The number of pyridine rings is 1. The van der Waals surface area contributed by atoms with E-state index in [4.69, 9.17) is 9.68 Å². The monoisotopic (exact) mass is 464 g/mol. The minimum atomic E-state index is -2.41. The molecular formula is C21H23BrF2N4O. The number of alkyl halides is 2. The summed E-state index contributed by atoms with van der Waals surface area (Å²) in [5.41, 5.74) is -0.0797. The fourth-order valence-corrected chi connectivity index (χ4v) is 5.68. The molecule has 2 aliphatic carbocycles. The van der Waals surface area contributed by atoms with Crippen LogP contribution in [0, 0.1) is 16.7 Å². The van der Waals surface area contributed by atoms with Crippen molar-refractivity contribution in [2.75, 3.05) is 18.4 Å². The smallest absolute Gasteiger partial charge is 0.254 e. The number of halogens is 3. The van der Waals surface area contributed by atoms with Crippen LogP contribution in [0.1, 0.15) is 50.7 Å². The molecular weight excluding hydrogens is 442 g/mol. The highest BCUT2D eigenvalue weighted by molar-refractivity contribution is 9.10. The van der Waals surface area contributed by atoms with Crippen LogP contribution < -0.4 is 5.32 Å². The molecule has 0 amide bonds. The third-order valence-electron chi connectivity index (χ3n) is 7.15. The Labute approximate surface area is 176 Å². The lowest BCUT2D eigenvalue weighted by Gasteiger charge is -2.41. The third kappa shape index (κ3) is 3.32. The van der Waals surface area contributed by atoms with Gasteiger partial charge in [-0.15, -0.1) is 0 Å². The van der Waals surface area contributed by atoms with Crippen LogP contribution in [0.4, 0.5) is 14.6 Å². The van der Waals surface area contributed by atoms with Crippen molar-refractivity contribution in [2.24, 2.45) is 5.41 Å². The molecule has 2 aromatic rings. The second-order valence-corrected chi connectivity index (χ2v) is 9.56. The van der Waals surface area contributed by atoms with Gasteiger partial charge in [-0.3, -0.25) is 0 Å². The fraction of sp³-hybridized carbons (Fsp3) is 0.619. The summed E-state index contributed by atoms with van der Waals surface area (Å²) in [5.74, 6) is -1.37. The average molecular weight is 465 g/mol. The Kier molecular flexibility index (Phi) is 4.59. The average Bonchev–Trinajstić information content (AvgIpc) is 3.05. The van der Waals surface area contributed by atoms with Crippen LogP contribution in [0.15, 0.2) is 21.2 Å². The maximum Gasteiger partial charge on any atom is 0.254 e. The molecule has 29 heavy (non-hydrogen) atoms. The van der Waals surface area contributed by atoms with Crippen molar-refractivity contribution in [3.63, 3.8) is 0 Å². The van der Waals surface area contributed by atoms with Crippen molar-refractivity contribution < 1.29 is 13.2 Å². The molecule has 3 fully saturated rings. The number of hydrogen-bond donors (Lipinski definition) is 1. The Balaban J connectivity index is 1.17. The molecule has 0 unspecified atom stereocenters. The summed E-state index contributed by atoms with van der Waals surface area (Å²) in [6, 6.07) is 4.57. The van der Waals surface area contributed by atoms with Crippen LogP contribution in [0.3, 0.4) is 0 Å². The fourth-order valence-electron chi connectivity index (χ4n) is 5.15. The van der Waals surface area contributed by atoms with Crippen LogP contribution in [-0.2, 0) is 0 Å². The number of hydrogen-bond acceptors (Lipinski definition) is 5. The number of anilines is 1. The largest absolute Gasteiger partial charge is 0.444 e. The molecule has 5 nitrogen and oxygen atoms in total. The minimum Gasteiger partial charge on any atom is -0.444 e. The van der Waals surface area contributed by atoms with Crippen LogP contribution >= 0.6 is 15.9 Å². The lowest BCUT2D eigenvalue weighted by molar-refractivity contribution is 0.0172. The molecule has 154 valence electrons. The molecule has 8 heteroatoms. The molecule has 1 aliphatic heterocycles. The van der Waals surface area contributed by atoms with Gasteiger partial charge in [-0.25, -0.2) is 13.8 Å². The number of nitrogens with zero attached hydrogens (tertiary/aromatic N) is 3. The second kappa shape index (κ2) is 6.92. The molecule has 3 aliphatic rings. The molecule has 5 rings (SSSR count). The summed E-state index contributed by atoms with van der Waals surface area (Å²) < 4.78 is 33.4. The van der Waals surface area contributed by atoms with Crippen LogP contribution in [-0.4, -0.2) is 41.0 Å².